The van der Waals surface area contributed by atoms with Crippen molar-refractivity contribution in [3.8, 4) is 11.5 Å². The van der Waals surface area contributed by atoms with Gasteiger partial charge < -0.3 is 20.1 Å². The predicted molar refractivity (Wildman–Crippen MR) is 99.5 cm³/mol. The van der Waals surface area contributed by atoms with Crippen LogP contribution in [0.2, 0.25) is 0 Å². The molecule has 0 aliphatic carbocycles. The van der Waals surface area contributed by atoms with Crippen molar-refractivity contribution in [2.45, 2.75) is 31.8 Å². The Morgan fingerprint density at radius 2 is 2.00 bits per heavy atom. The van der Waals surface area contributed by atoms with Gasteiger partial charge in [0.05, 0.1) is 14.2 Å². The van der Waals surface area contributed by atoms with E-state index in [2.05, 4.69) is 16.8 Å². The standard InChI is InChI=1S/C19H24N2O3S/c1-23-17-9-14-11-21(19(22)16(14)10-18(17)24-2)7-5-15(20)4-3-13-6-8-25-12-13/h6,8-10,12,15H,3-5,7,11,20H2,1-2H3. The third-order valence-electron chi connectivity index (χ3n) is 4.64. The number of thiophene rings is 1. The van der Waals surface area contributed by atoms with Gasteiger partial charge in [0.1, 0.15) is 0 Å². The zero-order chi connectivity index (χ0) is 17.8. The van der Waals surface area contributed by atoms with E-state index in [0.717, 1.165) is 24.8 Å². The van der Waals surface area contributed by atoms with Crippen molar-refractivity contribution in [1.82, 2.24) is 4.90 Å². The molecule has 6 heteroatoms. The second-order valence-corrected chi connectivity index (χ2v) is 7.09. The van der Waals surface area contributed by atoms with Crippen LogP contribution in [-0.4, -0.2) is 37.6 Å². The Bertz CT molecular complexity index is 731. The summed E-state index contributed by atoms with van der Waals surface area (Å²) in [7, 11) is 3.18. The van der Waals surface area contributed by atoms with Crippen LogP contribution in [0.5, 0.6) is 11.5 Å². The minimum Gasteiger partial charge on any atom is -0.493 e. The van der Waals surface area contributed by atoms with Gasteiger partial charge in [-0.2, -0.15) is 11.3 Å². The Morgan fingerprint density at radius 1 is 1.24 bits per heavy atom. The Kier molecular flexibility index (Phi) is 5.60. The molecule has 2 heterocycles. The van der Waals surface area contributed by atoms with Crippen molar-refractivity contribution >= 4 is 17.2 Å². The van der Waals surface area contributed by atoms with Crippen LogP contribution in [0.3, 0.4) is 0 Å². The minimum atomic E-state index is 0.0426. The highest BCUT2D eigenvalue weighted by Gasteiger charge is 2.29. The predicted octanol–water partition coefficient (Wildman–Crippen LogP) is 3.07. The quantitative estimate of drug-likeness (QED) is 0.786. The Balaban J connectivity index is 1.56. The van der Waals surface area contributed by atoms with Gasteiger partial charge in [0, 0.05) is 24.7 Å². The second-order valence-electron chi connectivity index (χ2n) is 6.31. The summed E-state index contributed by atoms with van der Waals surface area (Å²) >= 11 is 1.71. The molecule has 0 bridgehead atoms. The van der Waals surface area contributed by atoms with E-state index in [9.17, 15) is 4.79 Å². The first kappa shape index (κ1) is 17.8. The summed E-state index contributed by atoms with van der Waals surface area (Å²) in [4.78, 5) is 14.5. The maximum atomic E-state index is 12.6. The normalized spacial score (nSPS) is 14.5. The van der Waals surface area contributed by atoms with Gasteiger partial charge in [-0.1, -0.05) is 0 Å². The molecule has 5 nitrogen and oxygen atoms in total. The van der Waals surface area contributed by atoms with Crippen LogP contribution in [0.1, 0.15) is 34.3 Å². The Hall–Kier alpha value is -2.05. The van der Waals surface area contributed by atoms with E-state index in [1.807, 2.05) is 11.0 Å². The van der Waals surface area contributed by atoms with E-state index >= 15 is 0 Å². The molecule has 134 valence electrons. The minimum absolute atomic E-state index is 0.0426. The lowest BCUT2D eigenvalue weighted by atomic mass is 10.1. The van der Waals surface area contributed by atoms with Crippen molar-refractivity contribution in [2.75, 3.05) is 20.8 Å². The van der Waals surface area contributed by atoms with Crippen LogP contribution in [0.4, 0.5) is 0 Å². The molecule has 0 saturated heterocycles. The van der Waals surface area contributed by atoms with E-state index in [1.165, 1.54) is 5.56 Å². The van der Waals surface area contributed by atoms with Crippen molar-refractivity contribution in [1.29, 1.82) is 0 Å². The summed E-state index contributed by atoms with van der Waals surface area (Å²) in [6, 6.07) is 5.90. The highest BCUT2D eigenvalue weighted by atomic mass is 32.1. The number of carbonyl (C=O) groups excluding carboxylic acids is 1. The molecule has 2 aromatic rings. The molecule has 1 unspecified atom stereocenters. The maximum Gasteiger partial charge on any atom is 0.254 e. The molecule has 25 heavy (non-hydrogen) atoms. The van der Waals surface area contributed by atoms with E-state index in [-0.39, 0.29) is 11.9 Å². The third kappa shape index (κ3) is 3.96. The zero-order valence-electron chi connectivity index (χ0n) is 14.7. The van der Waals surface area contributed by atoms with Crippen LogP contribution in [0.25, 0.3) is 0 Å². The fraction of sp³-hybridized carbons (Fsp3) is 0.421. The largest absolute Gasteiger partial charge is 0.493 e. The number of methoxy groups -OCH3 is 2. The number of nitrogens with zero attached hydrogens (tertiary/aromatic N) is 1. The fourth-order valence-corrected chi connectivity index (χ4v) is 3.84. The van der Waals surface area contributed by atoms with E-state index < -0.39 is 0 Å². The zero-order valence-corrected chi connectivity index (χ0v) is 15.5. The number of nitrogens with two attached hydrogens (primary N) is 1. The number of fused-ring (bicyclic) bond motifs is 1. The molecule has 1 aromatic carbocycles. The first-order valence-electron chi connectivity index (χ1n) is 8.43. The van der Waals surface area contributed by atoms with Crippen LogP contribution >= 0.6 is 11.3 Å². The smallest absolute Gasteiger partial charge is 0.254 e. The molecule has 1 amide bonds. The van der Waals surface area contributed by atoms with Crippen LogP contribution in [-0.2, 0) is 13.0 Å². The molecule has 0 fully saturated rings. The summed E-state index contributed by atoms with van der Waals surface area (Å²) in [6.07, 6.45) is 2.73. The average Bonchev–Trinajstić information content (AvgIpc) is 3.25. The van der Waals surface area contributed by atoms with E-state index in [1.54, 1.807) is 31.6 Å². The van der Waals surface area contributed by atoms with E-state index in [4.69, 9.17) is 15.2 Å². The molecule has 0 saturated carbocycles. The van der Waals surface area contributed by atoms with Crippen molar-refractivity contribution in [3.63, 3.8) is 0 Å². The van der Waals surface area contributed by atoms with Crippen LogP contribution in [0, 0.1) is 0 Å². The molecule has 0 radical (unpaired) electrons. The number of hydrogen-bond donors (Lipinski definition) is 1. The molecule has 2 N–H and O–H groups in total. The summed E-state index contributed by atoms with van der Waals surface area (Å²) in [5.74, 6) is 1.29. The first-order chi connectivity index (χ1) is 12.1. The number of aryl methyl sites for hydroxylation is 1. The molecule has 0 spiro atoms. The van der Waals surface area contributed by atoms with Gasteiger partial charge in [-0.3, -0.25) is 4.79 Å². The van der Waals surface area contributed by atoms with E-state index in [0.29, 0.717) is 30.2 Å². The summed E-state index contributed by atoms with van der Waals surface area (Å²) in [6.45, 7) is 1.27. The topological polar surface area (TPSA) is 64.8 Å². The number of ether oxygens (including phenoxy) is 2. The number of rotatable bonds is 8. The lowest BCUT2D eigenvalue weighted by Gasteiger charge is -2.18. The summed E-state index contributed by atoms with van der Waals surface area (Å²) in [5, 5.41) is 4.25. The first-order valence-corrected chi connectivity index (χ1v) is 9.37. The van der Waals surface area contributed by atoms with Gasteiger partial charge >= 0.3 is 0 Å². The molecule has 1 aliphatic heterocycles. The lowest BCUT2D eigenvalue weighted by Crippen LogP contribution is -2.31. The summed E-state index contributed by atoms with van der Waals surface area (Å²) in [5.41, 5.74) is 9.25. The van der Waals surface area contributed by atoms with Gasteiger partial charge in [0.2, 0.25) is 0 Å². The van der Waals surface area contributed by atoms with Gasteiger partial charge in [-0.15, -0.1) is 0 Å². The van der Waals surface area contributed by atoms with Crippen molar-refractivity contribution in [2.24, 2.45) is 5.73 Å². The van der Waals surface area contributed by atoms with Gasteiger partial charge in [-0.25, -0.2) is 0 Å². The Labute approximate surface area is 152 Å². The van der Waals surface area contributed by atoms with Gasteiger partial charge in [0.25, 0.3) is 5.91 Å². The van der Waals surface area contributed by atoms with Gasteiger partial charge in [-0.05, 0) is 59.3 Å². The monoisotopic (exact) mass is 360 g/mol. The molecule has 1 aliphatic rings. The number of carbonyl (C=O) groups is 1. The Morgan fingerprint density at radius 3 is 2.68 bits per heavy atom. The molecule has 3 rings (SSSR count). The molecular formula is C19H24N2O3S. The second kappa shape index (κ2) is 7.89. The fourth-order valence-electron chi connectivity index (χ4n) is 3.13. The molecule has 1 atom stereocenters. The third-order valence-corrected chi connectivity index (χ3v) is 5.37. The average molecular weight is 360 g/mol. The van der Waals surface area contributed by atoms with Crippen LogP contribution in [0.15, 0.2) is 29.0 Å². The molecular weight excluding hydrogens is 336 g/mol. The summed E-state index contributed by atoms with van der Waals surface area (Å²) < 4.78 is 10.6. The SMILES string of the molecule is COc1cc2c(cc1OC)C(=O)N(CCC(N)CCc1ccsc1)C2. The van der Waals surface area contributed by atoms with Crippen molar-refractivity contribution in [3.05, 3.63) is 45.6 Å². The highest BCUT2D eigenvalue weighted by Crippen LogP contribution is 2.34. The van der Waals surface area contributed by atoms with Gasteiger partial charge in [0.15, 0.2) is 11.5 Å². The lowest BCUT2D eigenvalue weighted by molar-refractivity contribution is 0.0773. The number of amides is 1. The number of benzene rings is 1. The highest BCUT2D eigenvalue weighted by molar-refractivity contribution is 7.07. The maximum absolute atomic E-state index is 12.6. The van der Waals surface area contributed by atoms with Crippen LogP contribution < -0.4 is 15.2 Å². The molecule has 1 aromatic heterocycles. The van der Waals surface area contributed by atoms with Crippen molar-refractivity contribution < 1.29 is 14.3 Å². The number of hydrogen-bond acceptors (Lipinski definition) is 5.